The minimum atomic E-state index is -0.497. The van der Waals surface area contributed by atoms with E-state index in [1.54, 1.807) is 12.1 Å². The molecule has 6 nitrogen and oxygen atoms in total. The van der Waals surface area contributed by atoms with Crippen LogP contribution in [0.25, 0.3) is 0 Å². The molecule has 0 aliphatic heterocycles. The van der Waals surface area contributed by atoms with Crippen molar-refractivity contribution in [2.24, 2.45) is 0 Å². The first-order valence-electron chi connectivity index (χ1n) is 8.39. The van der Waals surface area contributed by atoms with Gasteiger partial charge in [-0.1, -0.05) is 32.3 Å². The Bertz CT molecular complexity index is 714. The monoisotopic (exact) mass is 342 g/mol. The van der Waals surface area contributed by atoms with Crippen molar-refractivity contribution in [3.05, 3.63) is 64.2 Å². The van der Waals surface area contributed by atoms with E-state index in [0.717, 1.165) is 12.8 Å². The molecule has 25 heavy (non-hydrogen) atoms. The van der Waals surface area contributed by atoms with E-state index in [4.69, 9.17) is 4.74 Å². The van der Waals surface area contributed by atoms with Crippen molar-refractivity contribution in [1.29, 1.82) is 0 Å². The fourth-order valence-corrected chi connectivity index (χ4v) is 2.32. The largest absolute Gasteiger partial charge is 0.494 e. The van der Waals surface area contributed by atoms with Crippen molar-refractivity contribution in [3.63, 3.8) is 0 Å². The molecule has 0 aliphatic carbocycles. The Morgan fingerprint density at radius 1 is 1.12 bits per heavy atom. The molecule has 0 heterocycles. The molecule has 0 saturated heterocycles. The summed E-state index contributed by atoms with van der Waals surface area (Å²) in [6.07, 6.45) is 4.54. The van der Waals surface area contributed by atoms with Crippen molar-refractivity contribution >= 4 is 17.3 Å². The van der Waals surface area contributed by atoms with Gasteiger partial charge in [-0.15, -0.1) is 0 Å². The summed E-state index contributed by atoms with van der Waals surface area (Å²) in [5.41, 5.74) is 0.931. The molecule has 0 saturated carbocycles. The van der Waals surface area contributed by atoms with Crippen LogP contribution in [0.2, 0.25) is 0 Å². The molecule has 0 aliphatic rings. The number of carbonyl (C=O) groups is 1. The number of hydrogen-bond acceptors (Lipinski definition) is 4. The zero-order valence-corrected chi connectivity index (χ0v) is 14.2. The topological polar surface area (TPSA) is 81.5 Å². The molecule has 0 spiro atoms. The number of nitrogens with one attached hydrogen (secondary N) is 1. The molecular formula is C19H22N2O4. The summed E-state index contributed by atoms with van der Waals surface area (Å²) < 4.78 is 5.70. The average molecular weight is 342 g/mol. The molecule has 2 aromatic rings. The summed E-state index contributed by atoms with van der Waals surface area (Å²) in [4.78, 5) is 22.4. The van der Waals surface area contributed by atoms with Crippen LogP contribution in [0.1, 0.15) is 43.0 Å². The van der Waals surface area contributed by atoms with Crippen LogP contribution in [0, 0.1) is 10.1 Å². The van der Waals surface area contributed by atoms with Gasteiger partial charge in [-0.2, -0.15) is 0 Å². The molecule has 0 aromatic heterocycles. The van der Waals surface area contributed by atoms with E-state index in [9.17, 15) is 14.9 Å². The van der Waals surface area contributed by atoms with E-state index < -0.39 is 4.92 Å². The van der Waals surface area contributed by atoms with Crippen molar-refractivity contribution in [2.45, 2.75) is 32.6 Å². The van der Waals surface area contributed by atoms with Gasteiger partial charge >= 0.3 is 0 Å². The third-order valence-electron chi connectivity index (χ3n) is 3.70. The van der Waals surface area contributed by atoms with Crippen LogP contribution in [-0.2, 0) is 0 Å². The molecule has 0 bridgehead atoms. The van der Waals surface area contributed by atoms with Crippen LogP contribution < -0.4 is 10.1 Å². The second-order valence-electron chi connectivity index (χ2n) is 5.70. The number of hydrogen-bond donors (Lipinski definition) is 1. The van der Waals surface area contributed by atoms with E-state index in [2.05, 4.69) is 12.2 Å². The highest BCUT2D eigenvalue weighted by atomic mass is 16.6. The van der Waals surface area contributed by atoms with Gasteiger partial charge < -0.3 is 10.1 Å². The van der Waals surface area contributed by atoms with Crippen molar-refractivity contribution in [3.8, 4) is 5.75 Å². The smallest absolute Gasteiger partial charge is 0.269 e. The Morgan fingerprint density at radius 3 is 2.56 bits per heavy atom. The first-order valence-corrected chi connectivity index (χ1v) is 8.39. The Labute approximate surface area is 147 Å². The Balaban J connectivity index is 1.92. The third kappa shape index (κ3) is 5.91. The van der Waals surface area contributed by atoms with Crippen molar-refractivity contribution in [1.82, 2.24) is 0 Å². The maximum absolute atomic E-state index is 12.2. The summed E-state index contributed by atoms with van der Waals surface area (Å²) in [6, 6.07) is 12.7. The molecule has 1 amide bonds. The second-order valence-corrected chi connectivity index (χ2v) is 5.70. The van der Waals surface area contributed by atoms with Crippen LogP contribution in [0.5, 0.6) is 5.75 Å². The number of nitrogens with zero attached hydrogens (tertiary/aromatic N) is 1. The number of nitro benzene ring substituents is 1. The lowest BCUT2D eigenvalue weighted by atomic mass is 10.2. The van der Waals surface area contributed by atoms with Gasteiger partial charge in [-0.25, -0.2) is 0 Å². The fourth-order valence-electron chi connectivity index (χ4n) is 2.32. The van der Waals surface area contributed by atoms with Crippen LogP contribution in [0.3, 0.4) is 0 Å². The number of ether oxygens (including phenoxy) is 1. The minimum Gasteiger partial charge on any atom is -0.494 e. The molecule has 0 fully saturated rings. The number of amides is 1. The molecule has 2 aromatic carbocycles. The first kappa shape index (κ1) is 18.4. The molecular weight excluding hydrogens is 320 g/mol. The van der Waals surface area contributed by atoms with Gasteiger partial charge in [0.05, 0.1) is 11.5 Å². The maximum Gasteiger partial charge on any atom is 0.269 e. The number of nitro groups is 1. The van der Waals surface area contributed by atoms with E-state index in [1.807, 2.05) is 12.1 Å². The lowest BCUT2D eigenvalue weighted by molar-refractivity contribution is -0.384. The summed E-state index contributed by atoms with van der Waals surface area (Å²) >= 11 is 0. The van der Waals surface area contributed by atoms with Gasteiger partial charge in [0.15, 0.2) is 0 Å². The Morgan fingerprint density at radius 2 is 1.88 bits per heavy atom. The standard InChI is InChI=1S/C19H22N2O4/c1-2-3-4-5-13-25-18-8-6-7-16(14-18)20-19(22)15-9-11-17(12-10-15)21(23)24/h6-12,14H,2-5,13H2,1H3,(H,20,22). The molecule has 132 valence electrons. The van der Waals surface area contributed by atoms with Crippen LogP contribution >= 0.6 is 0 Å². The number of rotatable bonds is 9. The maximum atomic E-state index is 12.2. The van der Waals surface area contributed by atoms with Gasteiger partial charge in [-0.05, 0) is 30.7 Å². The van der Waals surface area contributed by atoms with Gasteiger partial charge in [0, 0.05) is 29.4 Å². The highest BCUT2D eigenvalue weighted by Crippen LogP contribution is 2.19. The normalized spacial score (nSPS) is 10.3. The van der Waals surface area contributed by atoms with Crippen LogP contribution in [0.15, 0.2) is 48.5 Å². The number of carbonyl (C=O) groups excluding carboxylic acids is 1. The number of non-ortho nitro benzene ring substituents is 1. The van der Waals surface area contributed by atoms with E-state index in [0.29, 0.717) is 23.6 Å². The molecule has 6 heteroatoms. The molecule has 0 unspecified atom stereocenters. The molecule has 0 atom stereocenters. The van der Waals surface area contributed by atoms with Crippen LogP contribution in [-0.4, -0.2) is 17.4 Å². The quantitative estimate of drug-likeness (QED) is 0.403. The third-order valence-corrected chi connectivity index (χ3v) is 3.70. The molecule has 1 N–H and O–H groups in total. The summed E-state index contributed by atoms with van der Waals surface area (Å²) in [6.45, 7) is 2.82. The summed E-state index contributed by atoms with van der Waals surface area (Å²) in [7, 11) is 0. The Kier molecular flexibility index (Phi) is 6.95. The predicted molar refractivity (Wildman–Crippen MR) is 97.1 cm³/mol. The second kappa shape index (κ2) is 9.42. The van der Waals surface area contributed by atoms with Crippen molar-refractivity contribution < 1.29 is 14.5 Å². The van der Waals surface area contributed by atoms with E-state index >= 15 is 0 Å². The van der Waals surface area contributed by atoms with E-state index in [-0.39, 0.29) is 11.6 Å². The molecule has 2 rings (SSSR count). The van der Waals surface area contributed by atoms with Gasteiger partial charge in [0.25, 0.3) is 11.6 Å². The predicted octanol–water partition coefficient (Wildman–Crippen LogP) is 4.81. The zero-order valence-electron chi connectivity index (χ0n) is 14.2. The number of benzene rings is 2. The number of unbranched alkanes of at least 4 members (excludes halogenated alkanes) is 3. The lowest BCUT2D eigenvalue weighted by Crippen LogP contribution is -2.11. The van der Waals surface area contributed by atoms with Gasteiger partial charge in [0.2, 0.25) is 0 Å². The number of anilines is 1. The highest BCUT2D eigenvalue weighted by molar-refractivity contribution is 6.04. The minimum absolute atomic E-state index is 0.0463. The SMILES string of the molecule is CCCCCCOc1cccc(NC(=O)c2ccc([N+](=O)[O-])cc2)c1. The lowest BCUT2D eigenvalue weighted by Gasteiger charge is -2.09. The van der Waals surface area contributed by atoms with Gasteiger partial charge in [-0.3, -0.25) is 14.9 Å². The van der Waals surface area contributed by atoms with Crippen molar-refractivity contribution in [2.75, 3.05) is 11.9 Å². The van der Waals surface area contributed by atoms with E-state index in [1.165, 1.54) is 37.1 Å². The fraction of sp³-hybridized carbons (Fsp3) is 0.316. The Hall–Kier alpha value is -2.89. The summed E-state index contributed by atoms with van der Waals surface area (Å²) in [5, 5.41) is 13.4. The van der Waals surface area contributed by atoms with Gasteiger partial charge in [0.1, 0.15) is 5.75 Å². The van der Waals surface area contributed by atoms with Crippen LogP contribution in [0.4, 0.5) is 11.4 Å². The first-order chi connectivity index (χ1) is 12.1. The summed E-state index contributed by atoms with van der Waals surface area (Å²) in [5.74, 6) is 0.382. The zero-order chi connectivity index (χ0) is 18.1. The molecule has 0 radical (unpaired) electrons. The highest BCUT2D eigenvalue weighted by Gasteiger charge is 2.10. The average Bonchev–Trinajstić information content (AvgIpc) is 2.62.